The van der Waals surface area contributed by atoms with E-state index < -0.39 is 23.4 Å². The lowest BCUT2D eigenvalue weighted by Gasteiger charge is -2.33. The number of nitrogens with zero attached hydrogens (tertiary/aromatic N) is 1. The van der Waals surface area contributed by atoms with Crippen LogP contribution in [-0.2, 0) is 20.9 Å². The van der Waals surface area contributed by atoms with Crippen LogP contribution in [-0.4, -0.2) is 34.2 Å². The molecule has 1 aromatic heterocycles. The van der Waals surface area contributed by atoms with E-state index in [1.54, 1.807) is 0 Å². The van der Waals surface area contributed by atoms with Crippen LogP contribution in [0.5, 0.6) is 0 Å². The molecule has 7 heteroatoms. The third kappa shape index (κ3) is 6.42. The number of aryl methyl sites for hydroxylation is 1. The molecule has 172 valence electrons. The van der Waals surface area contributed by atoms with Gasteiger partial charge in [-0.2, -0.15) is 0 Å². The summed E-state index contributed by atoms with van der Waals surface area (Å²) in [6.07, 6.45) is 3.88. The summed E-state index contributed by atoms with van der Waals surface area (Å²) in [5.41, 5.74) is 1.25. The van der Waals surface area contributed by atoms with Crippen LogP contribution in [0.15, 0.2) is 41.8 Å². The molecule has 6 nitrogen and oxygen atoms in total. The zero-order valence-corrected chi connectivity index (χ0v) is 20.1. The highest BCUT2D eigenvalue weighted by molar-refractivity contribution is 7.09. The Labute approximate surface area is 194 Å². The molecule has 0 radical (unpaired) electrons. The van der Waals surface area contributed by atoms with Crippen LogP contribution in [0.3, 0.4) is 0 Å². The van der Waals surface area contributed by atoms with Gasteiger partial charge in [-0.3, -0.25) is 14.4 Å². The van der Waals surface area contributed by atoms with E-state index in [2.05, 4.69) is 10.6 Å². The lowest BCUT2D eigenvalue weighted by molar-refractivity contribution is -0.151. The zero-order valence-electron chi connectivity index (χ0n) is 19.3. The number of hydrogen-bond acceptors (Lipinski definition) is 4. The Morgan fingerprint density at radius 3 is 2.31 bits per heavy atom. The van der Waals surface area contributed by atoms with Crippen molar-refractivity contribution in [3.05, 3.63) is 57.8 Å². The summed E-state index contributed by atoms with van der Waals surface area (Å²) in [5.74, 6) is -1.63. The number of rotatable bonds is 6. The van der Waals surface area contributed by atoms with E-state index in [0.29, 0.717) is 5.56 Å². The first-order chi connectivity index (χ1) is 15.1. The van der Waals surface area contributed by atoms with Crippen LogP contribution < -0.4 is 10.6 Å². The maximum Gasteiger partial charge on any atom is 0.313 e. The van der Waals surface area contributed by atoms with Gasteiger partial charge >= 0.3 is 11.8 Å². The number of hydrogen-bond donors (Lipinski definition) is 2. The summed E-state index contributed by atoms with van der Waals surface area (Å²) in [4.78, 5) is 42.2. The molecule has 1 saturated carbocycles. The van der Waals surface area contributed by atoms with Crippen LogP contribution in [0.25, 0.3) is 0 Å². The van der Waals surface area contributed by atoms with Gasteiger partial charge < -0.3 is 15.5 Å². The van der Waals surface area contributed by atoms with Gasteiger partial charge in [0, 0.05) is 16.5 Å². The molecule has 3 rings (SSSR count). The van der Waals surface area contributed by atoms with Crippen molar-refractivity contribution in [2.24, 2.45) is 0 Å². The Balaban J connectivity index is 1.97. The number of nitrogens with one attached hydrogen (secondary N) is 2. The molecule has 32 heavy (non-hydrogen) atoms. The summed E-state index contributed by atoms with van der Waals surface area (Å²) < 4.78 is 0. The minimum Gasteiger partial charge on any atom is -0.349 e. The average Bonchev–Trinajstić information content (AvgIpc) is 3.41. The molecule has 1 aromatic carbocycles. The molecule has 1 fully saturated rings. The summed E-state index contributed by atoms with van der Waals surface area (Å²) >= 11 is 1.50. The van der Waals surface area contributed by atoms with Crippen molar-refractivity contribution in [1.82, 2.24) is 15.5 Å². The van der Waals surface area contributed by atoms with Gasteiger partial charge in [0.2, 0.25) is 5.91 Å². The number of carbonyl (C=O) groups is 3. The number of carbonyl (C=O) groups excluding carboxylic acids is 3. The van der Waals surface area contributed by atoms with Crippen LogP contribution in [0.1, 0.15) is 68.5 Å². The van der Waals surface area contributed by atoms with Gasteiger partial charge in [0.15, 0.2) is 0 Å². The lowest BCUT2D eigenvalue weighted by atomic mass is 10.00. The van der Waals surface area contributed by atoms with Gasteiger partial charge in [-0.25, -0.2) is 0 Å². The van der Waals surface area contributed by atoms with Crippen molar-refractivity contribution in [3.63, 3.8) is 0 Å². The highest BCUT2D eigenvalue weighted by Crippen LogP contribution is 2.27. The summed E-state index contributed by atoms with van der Waals surface area (Å²) in [5, 5.41) is 7.80. The fourth-order valence-electron chi connectivity index (χ4n) is 3.96. The smallest absolute Gasteiger partial charge is 0.313 e. The molecule has 0 bridgehead atoms. The molecule has 1 aliphatic carbocycles. The zero-order chi connectivity index (χ0) is 23.3. The second kappa shape index (κ2) is 10.3. The van der Waals surface area contributed by atoms with Crippen LogP contribution in [0, 0.1) is 6.92 Å². The molecular formula is C25H33N3O3S. The second-order valence-corrected chi connectivity index (χ2v) is 10.6. The minimum absolute atomic E-state index is 0.0243. The summed E-state index contributed by atoms with van der Waals surface area (Å²) in [6, 6.07) is 10.5. The van der Waals surface area contributed by atoms with Crippen molar-refractivity contribution in [1.29, 1.82) is 0 Å². The first kappa shape index (κ1) is 24.0. The summed E-state index contributed by atoms with van der Waals surface area (Å²) in [6.45, 7) is 7.85. The molecular weight excluding hydrogens is 422 g/mol. The minimum atomic E-state index is -0.918. The van der Waals surface area contributed by atoms with Crippen LogP contribution >= 0.6 is 11.3 Å². The maximum atomic E-state index is 13.5. The quantitative estimate of drug-likeness (QED) is 0.644. The van der Waals surface area contributed by atoms with E-state index in [1.165, 1.54) is 16.2 Å². The Morgan fingerprint density at radius 1 is 1.09 bits per heavy atom. The van der Waals surface area contributed by atoms with Crippen molar-refractivity contribution in [2.75, 3.05) is 0 Å². The molecule has 0 aliphatic heterocycles. The van der Waals surface area contributed by atoms with Crippen LogP contribution in [0.2, 0.25) is 0 Å². The highest BCUT2D eigenvalue weighted by Gasteiger charge is 2.36. The van der Waals surface area contributed by atoms with Gasteiger partial charge in [0.1, 0.15) is 6.04 Å². The largest absolute Gasteiger partial charge is 0.349 e. The normalized spacial score (nSPS) is 15.2. The first-order valence-electron chi connectivity index (χ1n) is 11.2. The van der Waals surface area contributed by atoms with Gasteiger partial charge in [-0.1, -0.05) is 48.7 Å². The number of amides is 3. The van der Waals surface area contributed by atoms with Gasteiger partial charge in [0.25, 0.3) is 0 Å². The van der Waals surface area contributed by atoms with Crippen molar-refractivity contribution < 1.29 is 14.4 Å². The van der Waals surface area contributed by atoms with Crippen molar-refractivity contribution in [3.8, 4) is 0 Å². The van der Waals surface area contributed by atoms with E-state index in [9.17, 15) is 14.4 Å². The molecule has 2 N–H and O–H groups in total. The molecule has 1 heterocycles. The van der Waals surface area contributed by atoms with Gasteiger partial charge in [0.05, 0.1) is 6.54 Å². The van der Waals surface area contributed by atoms with Crippen LogP contribution in [0.4, 0.5) is 0 Å². The predicted molar refractivity (Wildman–Crippen MR) is 127 cm³/mol. The molecule has 1 aliphatic rings. The second-order valence-electron chi connectivity index (χ2n) is 9.52. The summed E-state index contributed by atoms with van der Waals surface area (Å²) in [7, 11) is 0. The third-order valence-corrected chi connectivity index (χ3v) is 6.36. The van der Waals surface area contributed by atoms with E-state index in [-0.39, 0.29) is 18.5 Å². The van der Waals surface area contributed by atoms with E-state index in [0.717, 1.165) is 36.1 Å². The highest BCUT2D eigenvalue weighted by atomic mass is 32.1. The maximum absolute atomic E-state index is 13.5. The average molecular weight is 456 g/mol. The van der Waals surface area contributed by atoms with Crippen molar-refractivity contribution >= 4 is 29.1 Å². The predicted octanol–water partition coefficient (Wildman–Crippen LogP) is 4.10. The lowest BCUT2D eigenvalue weighted by Crippen LogP contribution is -2.52. The Kier molecular flexibility index (Phi) is 7.72. The van der Waals surface area contributed by atoms with Crippen molar-refractivity contribution in [2.45, 2.75) is 77.5 Å². The topological polar surface area (TPSA) is 78.5 Å². The Morgan fingerprint density at radius 2 is 1.75 bits per heavy atom. The van der Waals surface area contributed by atoms with E-state index in [1.807, 2.05) is 69.5 Å². The molecule has 3 amide bonds. The van der Waals surface area contributed by atoms with Gasteiger partial charge in [-0.15, -0.1) is 11.3 Å². The fraction of sp³-hybridized carbons (Fsp3) is 0.480. The van der Waals surface area contributed by atoms with E-state index >= 15 is 0 Å². The monoisotopic (exact) mass is 455 g/mol. The molecule has 2 aromatic rings. The Bertz CT molecular complexity index is 926. The molecule has 1 atom stereocenters. The molecule has 0 unspecified atom stereocenters. The SMILES string of the molecule is Cc1ccc([C@@H](C(=O)NC(C)(C)C)N(Cc2cccs2)C(=O)C(=O)NC2CCCC2)cc1. The first-order valence-corrected chi connectivity index (χ1v) is 12.0. The third-order valence-electron chi connectivity index (χ3n) is 5.50. The molecule has 0 spiro atoms. The van der Waals surface area contributed by atoms with Gasteiger partial charge in [-0.05, 0) is 57.5 Å². The van der Waals surface area contributed by atoms with E-state index in [4.69, 9.17) is 0 Å². The number of thiophene rings is 1. The molecule has 0 saturated heterocycles. The number of benzene rings is 1. The standard InChI is InChI=1S/C25H33N3O3S/c1-17-11-13-18(14-12-17)21(22(29)27-25(2,3)4)28(16-20-10-7-15-32-20)24(31)23(30)26-19-8-5-6-9-19/h7,10-15,19,21H,5-6,8-9,16H2,1-4H3,(H,26,30)(H,27,29)/t21-/m0/s1. The Hall–Kier alpha value is -2.67. The fourth-order valence-corrected chi connectivity index (χ4v) is 4.66.